The monoisotopic (exact) mass is 344 g/mol. The minimum atomic E-state index is -0.0130. The maximum Gasteiger partial charge on any atom is 0.264 e. The molecule has 0 saturated carbocycles. The predicted octanol–water partition coefficient (Wildman–Crippen LogP) is 4.03. The smallest absolute Gasteiger partial charge is 0.264 e. The van der Waals surface area contributed by atoms with E-state index in [2.05, 4.69) is 17.1 Å². The summed E-state index contributed by atoms with van der Waals surface area (Å²) in [6, 6.07) is 18.0. The van der Waals surface area contributed by atoms with E-state index in [0.717, 1.165) is 29.0 Å². The fraction of sp³-hybridized carbons (Fsp3) is 0.182. The van der Waals surface area contributed by atoms with Crippen LogP contribution >= 0.6 is 0 Å². The van der Waals surface area contributed by atoms with Crippen LogP contribution in [0.5, 0.6) is 5.75 Å². The number of hydrogen-bond donors (Lipinski definition) is 0. The van der Waals surface area contributed by atoms with E-state index in [1.54, 1.807) is 12.4 Å². The summed E-state index contributed by atoms with van der Waals surface area (Å²) >= 11 is 0. The van der Waals surface area contributed by atoms with Gasteiger partial charge < -0.3 is 9.64 Å². The van der Waals surface area contributed by atoms with E-state index in [-0.39, 0.29) is 12.5 Å². The number of carbonyl (C=O) groups excluding carboxylic acids is 1. The second-order valence-electron chi connectivity index (χ2n) is 6.48. The van der Waals surface area contributed by atoms with Gasteiger partial charge in [-0.05, 0) is 66.4 Å². The van der Waals surface area contributed by atoms with Gasteiger partial charge >= 0.3 is 0 Å². The lowest BCUT2D eigenvalue weighted by Crippen LogP contribution is -2.33. The van der Waals surface area contributed by atoms with E-state index in [0.29, 0.717) is 6.54 Å². The lowest BCUT2D eigenvalue weighted by Gasteiger charge is -2.18. The number of rotatable bonds is 4. The number of fused-ring (bicyclic) bond motifs is 1. The highest BCUT2D eigenvalue weighted by atomic mass is 16.5. The third kappa shape index (κ3) is 3.31. The lowest BCUT2D eigenvalue weighted by molar-refractivity contribution is -0.120. The highest BCUT2D eigenvalue weighted by Gasteiger charge is 2.25. The molecule has 1 aliphatic rings. The number of anilines is 1. The molecule has 0 N–H and O–H groups in total. The van der Waals surface area contributed by atoms with Gasteiger partial charge in [-0.15, -0.1) is 0 Å². The second kappa shape index (κ2) is 7.00. The number of hydrogen-bond acceptors (Lipinski definition) is 3. The summed E-state index contributed by atoms with van der Waals surface area (Å²) in [7, 11) is 0. The Kier molecular flexibility index (Phi) is 4.40. The highest BCUT2D eigenvalue weighted by molar-refractivity contribution is 5.96. The number of nitrogens with zero attached hydrogens (tertiary/aromatic N) is 2. The summed E-state index contributed by atoms with van der Waals surface area (Å²) in [6.07, 6.45) is 4.45. The number of aryl methyl sites for hydroxylation is 1. The van der Waals surface area contributed by atoms with Gasteiger partial charge in [0.2, 0.25) is 0 Å². The van der Waals surface area contributed by atoms with Crippen molar-refractivity contribution < 1.29 is 9.53 Å². The molecular formula is C22H20N2O2. The molecule has 2 aromatic carbocycles. The molecule has 0 aliphatic carbocycles. The van der Waals surface area contributed by atoms with Crippen molar-refractivity contribution in [3.63, 3.8) is 0 Å². The van der Waals surface area contributed by atoms with Crippen LogP contribution in [0.4, 0.5) is 5.69 Å². The van der Waals surface area contributed by atoms with Gasteiger partial charge in [0.1, 0.15) is 5.75 Å². The van der Waals surface area contributed by atoms with Gasteiger partial charge in [0.25, 0.3) is 5.91 Å². The van der Waals surface area contributed by atoms with Gasteiger partial charge in [0.05, 0.1) is 0 Å². The molecule has 26 heavy (non-hydrogen) atoms. The van der Waals surface area contributed by atoms with Crippen LogP contribution in [0.1, 0.15) is 11.1 Å². The molecule has 0 saturated heterocycles. The van der Waals surface area contributed by atoms with Crippen LogP contribution in [0.15, 0.2) is 67.0 Å². The van der Waals surface area contributed by atoms with Gasteiger partial charge in [0, 0.05) is 24.6 Å². The summed E-state index contributed by atoms with van der Waals surface area (Å²) in [5, 5.41) is 0. The first-order valence-electron chi connectivity index (χ1n) is 8.74. The summed E-state index contributed by atoms with van der Waals surface area (Å²) < 4.78 is 5.65. The van der Waals surface area contributed by atoms with Crippen molar-refractivity contribution in [3.05, 3.63) is 78.1 Å². The van der Waals surface area contributed by atoms with Crippen molar-refractivity contribution in [1.29, 1.82) is 0 Å². The molecule has 3 aromatic rings. The molecule has 0 radical (unpaired) electrons. The molecule has 1 aliphatic heterocycles. The van der Waals surface area contributed by atoms with E-state index in [4.69, 9.17) is 4.74 Å². The van der Waals surface area contributed by atoms with Crippen molar-refractivity contribution in [2.45, 2.75) is 13.3 Å². The Morgan fingerprint density at radius 3 is 2.58 bits per heavy atom. The molecule has 0 bridgehead atoms. The molecule has 4 nitrogen and oxygen atoms in total. The fourth-order valence-corrected chi connectivity index (χ4v) is 3.24. The Balaban J connectivity index is 1.47. The first-order chi connectivity index (χ1) is 12.7. The Morgan fingerprint density at radius 1 is 1.04 bits per heavy atom. The van der Waals surface area contributed by atoms with Crippen LogP contribution in [0.25, 0.3) is 11.1 Å². The molecule has 0 atom stereocenters. The van der Waals surface area contributed by atoms with Crippen LogP contribution < -0.4 is 9.64 Å². The minimum absolute atomic E-state index is 0.0130. The number of amides is 1. The Morgan fingerprint density at radius 2 is 1.81 bits per heavy atom. The summed E-state index contributed by atoms with van der Waals surface area (Å²) in [5.74, 6) is 0.706. The number of benzene rings is 2. The van der Waals surface area contributed by atoms with Crippen LogP contribution in [0.3, 0.4) is 0 Å². The zero-order chi connectivity index (χ0) is 17.9. The summed E-state index contributed by atoms with van der Waals surface area (Å²) in [4.78, 5) is 18.5. The van der Waals surface area contributed by atoms with E-state index < -0.39 is 0 Å². The topological polar surface area (TPSA) is 42.4 Å². The largest absolute Gasteiger partial charge is 0.484 e. The maximum absolute atomic E-state index is 12.6. The Labute approximate surface area is 153 Å². The fourth-order valence-electron chi connectivity index (χ4n) is 3.24. The third-order valence-corrected chi connectivity index (χ3v) is 4.67. The van der Waals surface area contributed by atoms with E-state index in [1.165, 1.54) is 11.1 Å². The molecule has 0 unspecified atom stereocenters. The standard InChI is InChI=1S/C22H20N2O2/c1-16-2-5-20(6-3-16)26-15-22(25)24-13-10-19-14-18(4-7-21(19)24)17-8-11-23-12-9-17/h2-9,11-12,14H,10,13,15H2,1H3. The Hall–Kier alpha value is -3.14. The predicted molar refractivity (Wildman–Crippen MR) is 102 cm³/mol. The van der Waals surface area contributed by atoms with Crippen LogP contribution in [-0.4, -0.2) is 24.0 Å². The quantitative estimate of drug-likeness (QED) is 0.718. The van der Waals surface area contributed by atoms with Crippen LogP contribution in [0, 0.1) is 6.92 Å². The molecule has 4 heteroatoms. The number of ether oxygens (including phenoxy) is 1. The first kappa shape index (κ1) is 16.3. The SMILES string of the molecule is Cc1ccc(OCC(=O)N2CCc3cc(-c4ccncc4)ccc32)cc1. The molecule has 1 amide bonds. The lowest BCUT2D eigenvalue weighted by atomic mass is 10.0. The average Bonchev–Trinajstić information content (AvgIpc) is 3.11. The van der Waals surface area contributed by atoms with Gasteiger partial charge in [-0.2, -0.15) is 0 Å². The summed E-state index contributed by atoms with van der Waals surface area (Å²) in [6.45, 7) is 2.77. The molecule has 0 fully saturated rings. The minimum Gasteiger partial charge on any atom is -0.484 e. The molecule has 130 valence electrons. The molecule has 4 rings (SSSR count). The van der Waals surface area contributed by atoms with Crippen molar-refractivity contribution in [2.24, 2.45) is 0 Å². The third-order valence-electron chi connectivity index (χ3n) is 4.67. The highest BCUT2D eigenvalue weighted by Crippen LogP contribution is 2.32. The van der Waals surface area contributed by atoms with Crippen LogP contribution in [-0.2, 0) is 11.2 Å². The number of carbonyl (C=O) groups is 1. The summed E-state index contributed by atoms with van der Waals surface area (Å²) in [5.41, 5.74) is 5.64. The van der Waals surface area contributed by atoms with Gasteiger partial charge in [0.15, 0.2) is 6.61 Å². The van der Waals surface area contributed by atoms with Crippen molar-refractivity contribution in [3.8, 4) is 16.9 Å². The van der Waals surface area contributed by atoms with Crippen molar-refractivity contribution >= 4 is 11.6 Å². The van der Waals surface area contributed by atoms with Crippen LogP contribution in [0.2, 0.25) is 0 Å². The Bertz CT molecular complexity index is 921. The van der Waals surface area contributed by atoms with E-state index in [9.17, 15) is 4.79 Å². The van der Waals surface area contributed by atoms with Gasteiger partial charge in [-0.3, -0.25) is 9.78 Å². The molecule has 1 aromatic heterocycles. The first-order valence-corrected chi connectivity index (χ1v) is 8.74. The molecule has 2 heterocycles. The second-order valence-corrected chi connectivity index (χ2v) is 6.48. The zero-order valence-corrected chi connectivity index (χ0v) is 14.7. The number of aromatic nitrogens is 1. The normalized spacial score (nSPS) is 12.7. The number of pyridine rings is 1. The maximum atomic E-state index is 12.6. The zero-order valence-electron chi connectivity index (χ0n) is 14.7. The molecule has 0 spiro atoms. The van der Waals surface area contributed by atoms with Crippen molar-refractivity contribution in [2.75, 3.05) is 18.1 Å². The van der Waals surface area contributed by atoms with E-state index >= 15 is 0 Å². The van der Waals surface area contributed by atoms with Gasteiger partial charge in [-0.1, -0.05) is 23.8 Å². The van der Waals surface area contributed by atoms with E-state index in [1.807, 2.05) is 54.3 Å². The average molecular weight is 344 g/mol. The van der Waals surface area contributed by atoms with Crippen molar-refractivity contribution in [1.82, 2.24) is 4.98 Å². The molecular weight excluding hydrogens is 324 g/mol. The van der Waals surface area contributed by atoms with Gasteiger partial charge in [-0.25, -0.2) is 0 Å².